The first kappa shape index (κ1) is 16.6. The van der Waals surface area contributed by atoms with Crippen LogP contribution in [0.25, 0.3) is 0 Å². The number of carbonyl (C=O) groups is 3. The number of hydrogen-bond donors (Lipinski definition) is 0. The molecule has 24 heavy (non-hydrogen) atoms. The Morgan fingerprint density at radius 3 is 2.33 bits per heavy atom. The molecule has 0 aliphatic carbocycles. The molecule has 2 aliphatic rings. The molecule has 0 N–H and O–H groups in total. The van der Waals surface area contributed by atoms with Crippen LogP contribution in [0.15, 0.2) is 24.3 Å². The number of carbonyl (C=O) groups excluding carboxylic acids is 3. The lowest BCUT2D eigenvalue weighted by molar-refractivity contribution is -0.147. The summed E-state index contributed by atoms with van der Waals surface area (Å²) in [5, 5.41) is 0. The van der Waals surface area contributed by atoms with E-state index in [2.05, 4.69) is 0 Å². The molecule has 0 saturated carbocycles. The molecule has 1 atom stereocenters. The zero-order valence-corrected chi connectivity index (χ0v) is 14.0. The molecule has 2 heterocycles. The smallest absolute Gasteiger partial charge is 0.308 e. The Labute approximate surface area is 141 Å². The van der Waals surface area contributed by atoms with E-state index in [1.165, 1.54) is 12.0 Å². The number of anilines is 1. The standard InChI is InChI=1S/C18H22N2O4/c1-12-3-5-14(6-4-12)20-16(21)11-15(17(20)22)19-9-7-13(8-10-19)18(23)24-2/h3-6,13,15H,7-11H2,1-2H3/t15-/m1/s1. The van der Waals surface area contributed by atoms with Crippen LogP contribution in [0, 0.1) is 12.8 Å². The number of amides is 2. The predicted octanol–water partition coefficient (Wildman–Crippen LogP) is 1.51. The number of aryl methyl sites for hydroxylation is 1. The van der Waals surface area contributed by atoms with Crippen molar-refractivity contribution in [3.05, 3.63) is 29.8 Å². The molecular weight excluding hydrogens is 308 g/mol. The van der Waals surface area contributed by atoms with Gasteiger partial charge in [0.05, 0.1) is 31.2 Å². The zero-order valence-electron chi connectivity index (χ0n) is 14.0. The summed E-state index contributed by atoms with van der Waals surface area (Å²) in [5.74, 6) is -0.624. The molecule has 0 aromatic heterocycles. The van der Waals surface area contributed by atoms with E-state index in [4.69, 9.17) is 4.74 Å². The lowest BCUT2D eigenvalue weighted by Crippen LogP contribution is -2.46. The Hall–Kier alpha value is -2.21. The van der Waals surface area contributed by atoms with Crippen LogP contribution in [0.2, 0.25) is 0 Å². The number of piperidine rings is 1. The molecule has 2 amide bonds. The molecule has 6 nitrogen and oxygen atoms in total. The Balaban J connectivity index is 1.68. The molecule has 2 fully saturated rings. The molecule has 6 heteroatoms. The molecule has 2 aliphatic heterocycles. The summed E-state index contributed by atoms with van der Waals surface area (Å²) < 4.78 is 4.79. The van der Waals surface area contributed by atoms with E-state index in [0.717, 1.165) is 5.56 Å². The van der Waals surface area contributed by atoms with Crippen molar-refractivity contribution >= 4 is 23.5 Å². The molecule has 0 spiro atoms. The maximum Gasteiger partial charge on any atom is 0.308 e. The minimum absolute atomic E-state index is 0.105. The Morgan fingerprint density at radius 2 is 1.75 bits per heavy atom. The van der Waals surface area contributed by atoms with E-state index in [0.29, 0.717) is 31.6 Å². The van der Waals surface area contributed by atoms with Gasteiger partial charge in [0.1, 0.15) is 0 Å². The van der Waals surface area contributed by atoms with E-state index >= 15 is 0 Å². The summed E-state index contributed by atoms with van der Waals surface area (Å²) in [6.07, 6.45) is 1.53. The number of imide groups is 1. The van der Waals surface area contributed by atoms with Crippen molar-refractivity contribution in [1.29, 1.82) is 0 Å². The second-order valence-corrected chi connectivity index (χ2v) is 6.46. The number of hydrogen-bond acceptors (Lipinski definition) is 5. The first-order valence-electron chi connectivity index (χ1n) is 8.26. The van der Waals surface area contributed by atoms with Gasteiger partial charge in [-0.15, -0.1) is 0 Å². The van der Waals surface area contributed by atoms with Crippen LogP contribution in [-0.2, 0) is 19.1 Å². The van der Waals surface area contributed by atoms with Crippen LogP contribution >= 0.6 is 0 Å². The normalized spacial score (nSPS) is 22.9. The van der Waals surface area contributed by atoms with Crippen LogP contribution in [0.5, 0.6) is 0 Å². The Morgan fingerprint density at radius 1 is 1.12 bits per heavy atom. The van der Waals surface area contributed by atoms with E-state index in [1.54, 1.807) is 12.1 Å². The minimum Gasteiger partial charge on any atom is -0.469 e. The van der Waals surface area contributed by atoms with E-state index < -0.39 is 6.04 Å². The van der Waals surface area contributed by atoms with E-state index in [1.807, 2.05) is 24.0 Å². The van der Waals surface area contributed by atoms with Crippen molar-refractivity contribution in [2.24, 2.45) is 5.92 Å². The molecule has 2 saturated heterocycles. The third-order valence-electron chi connectivity index (χ3n) is 4.92. The summed E-state index contributed by atoms with van der Waals surface area (Å²) in [4.78, 5) is 40.0. The second-order valence-electron chi connectivity index (χ2n) is 6.46. The maximum atomic E-state index is 12.7. The molecule has 3 rings (SSSR count). The monoisotopic (exact) mass is 330 g/mol. The summed E-state index contributed by atoms with van der Waals surface area (Å²) in [7, 11) is 1.40. The highest BCUT2D eigenvalue weighted by Gasteiger charge is 2.43. The van der Waals surface area contributed by atoms with Gasteiger partial charge in [-0.3, -0.25) is 19.3 Å². The van der Waals surface area contributed by atoms with Gasteiger partial charge >= 0.3 is 5.97 Å². The third kappa shape index (κ3) is 3.06. The SMILES string of the molecule is COC(=O)C1CCN([C@@H]2CC(=O)N(c3ccc(C)cc3)C2=O)CC1. The molecule has 0 bridgehead atoms. The number of benzene rings is 1. The predicted molar refractivity (Wildman–Crippen MR) is 88.4 cm³/mol. The van der Waals surface area contributed by atoms with Gasteiger partial charge in [-0.1, -0.05) is 17.7 Å². The van der Waals surface area contributed by atoms with Crippen LogP contribution in [0.1, 0.15) is 24.8 Å². The number of nitrogens with zero attached hydrogens (tertiary/aromatic N) is 2. The summed E-state index contributed by atoms with van der Waals surface area (Å²) >= 11 is 0. The Kier molecular flexibility index (Phi) is 4.66. The molecule has 0 unspecified atom stereocenters. The van der Waals surface area contributed by atoms with Crippen molar-refractivity contribution in [1.82, 2.24) is 4.90 Å². The van der Waals surface area contributed by atoms with Gasteiger partial charge < -0.3 is 4.74 Å². The fourth-order valence-corrected chi connectivity index (χ4v) is 3.48. The number of ether oxygens (including phenoxy) is 1. The minimum atomic E-state index is -0.419. The quantitative estimate of drug-likeness (QED) is 0.621. The van der Waals surface area contributed by atoms with Gasteiger partial charge in [0.2, 0.25) is 5.91 Å². The van der Waals surface area contributed by atoms with Crippen molar-refractivity contribution in [2.75, 3.05) is 25.1 Å². The number of methoxy groups -OCH3 is 1. The van der Waals surface area contributed by atoms with Gasteiger partial charge in [0.25, 0.3) is 5.91 Å². The summed E-state index contributed by atoms with van der Waals surface area (Å²) in [5.41, 5.74) is 1.71. The van der Waals surface area contributed by atoms with Gasteiger partial charge in [-0.05, 0) is 45.0 Å². The molecule has 1 aromatic carbocycles. The van der Waals surface area contributed by atoms with Crippen molar-refractivity contribution in [3.63, 3.8) is 0 Å². The van der Waals surface area contributed by atoms with Gasteiger partial charge in [0.15, 0.2) is 0 Å². The third-order valence-corrected chi connectivity index (χ3v) is 4.92. The van der Waals surface area contributed by atoms with Crippen LogP contribution < -0.4 is 4.90 Å². The van der Waals surface area contributed by atoms with E-state index in [-0.39, 0.29) is 30.1 Å². The highest BCUT2D eigenvalue weighted by atomic mass is 16.5. The Bertz CT molecular complexity index is 647. The first-order chi connectivity index (χ1) is 11.5. The molecule has 128 valence electrons. The van der Waals surface area contributed by atoms with Crippen molar-refractivity contribution in [3.8, 4) is 0 Å². The number of rotatable bonds is 3. The molecule has 1 aromatic rings. The zero-order chi connectivity index (χ0) is 17.3. The second kappa shape index (κ2) is 6.73. The van der Waals surface area contributed by atoms with Gasteiger partial charge in [0, 0.05) is 0 Å². The van der Waals surface area contributed by atoms with Crippen molar-refractivity contribution in [2.45, 2.75) is 32.2 Å². The summed E-state index contributed by atoms with van der Waals surface area (Å²) in [6.45, 7) is 3.22. The fraction of sp³-hybridized carbons (Fsp3) is 0.500. The maximum absolute atomic E-state index is 12.7. The number of esters is 1. The summed E-state index contributed by atoms with van der Waals surface area (Å²) in [6, 6.07) is 6.97. The van der Waals surface area contributed by atoms with Gasteiger partial charge in [-0.2, -0.15) is 0 Å². The van der Waals surface area contributed by atoms with Crippen LogP contribution in [-0.4, -0.2) is 48.9 Å². The highest BCUT2D eigenvalue weighted by Crippen LogP contribution is 2.29. The van der Waals surface area contributed by atoms with Crippen molar-refractivity contribution < 1.29 is 19.1 Å². The largest absolute Gasteiger partial charge is 0.469 e. The number of likely N-dealkylation sites (tertiary alicyclic amines) is 1. The van der Waals surface area contributed by atoms with Crippen LogP contribution in [0.4, 0.5) is 5.69 Å². The average Bonchev–Trinajstić information content (AvgIpc) is 2.90. The first-order valence-corrected chi connectivity index (χ1v) is 8.26. The molecular formula is C18H22N2O4. The lowest BCUT2D eigenvalue weighted by Gasteiger charge is -2.33. The van der Waals surface area contributed by atoms with Crippen LogP contribution in [0.3, 0.4) is 0 Å². The highest BCUT2D eigenvalue weighted by molar-refractivity contribution is 6.22. The van der Waals surface area contributed by atoms with Gasteiger partial charge in [-0.25, -0.2) is 4.90 Å². The van der Waals surface area contributed by atoms with E-state index in [9.17, 15) is 14.4 Å². The molecule has 0 radical (unpaired) electrons. The topological polar surface area (TPSA) is 66.9 Å². The average molecular weight is 330 g/mol. The lowest BCUT2D eigenvalue weighted by atomic mass is 9.95. The fourth-order valence-electron chi connectivity index (χ4n) is 3.48.